The van der Waals surface area contributed by atoms with Crippen LogP contribution in [0.1, 0.15) is 33.6 Å². The number of nitrogens with one attached hydrogen (secondary N) is 3. The first-order chi connectivity index (χ1) is 17.9. The van der Waals surface area contributed by atoms with E-state index in [9.17, 15) is 31.9 Å². The van der Waals surface area contributed by atoms with Gasteiger partial charge in [-0.1, -0.05) is 11.6 Å². The quantitative estimate of drug-likeness (QED) is 0.354. The molecule has 5 N–H and O–H groups in total. The van der Waals surface area contributed by atoms with E-state index < -0.39 is 29.0 Å². The van der Waals surface area contributed by atoms with Crippen molar-refractivity contribution in [1.82, 2.24) is 20.5 Å². The van der Waals surface area contributed by atoms with Crippen molar-refractivity contribution in [2.24, 2.45) is 11.7 Å². The molecule has 0 bridgehead atoms. The number of carbonyl (C=O) groups is 2. The van der Waals surface area contributed by atoms with Gasteiger partial charge in [-0.05, 0) is 25.5 Å². The lowest BCUT2D eigenvalue weighted by atomic mass is 10.1. The van der Waals surface area contributed by atoms with E-state index in [0.29, 0.717) is 25.2 Å². The van der Waals surface area contributed by atoms with Gasteiger partial charge in [0.05, 0.1) is 59.7 Å². The molecule has 14 heteroatoms. The number of halogens is 4. The third-order valence-electron chi connectivity index (χ3n) is 5.36. The van der Waals surface area contributed by atoms with Gasteiger partial charge in [0, 0.05) is 18.7 Å². The number of H-pyrrole nitrogens is 1. The molecular weight excluding hydrogens is 512 g/mol. The van der Waals surface area contributed by atoms with Gasteiger partial charge in [-0.2, -0.15) is 18.3 Å². The molecule has 1 fully saturated rings. The molecule has 1 atom stereocenters. The third kappa shape index (κ3) is 7.83. The Hall–Kier alpha value is -4.33. The number of nitrogens with two attached hydrogens (primary N) is 1. The Morgan fingerprint density at radius 2 is 1.97 bits per heavy atom. The SMILES string of the molecule is Cc1ccc(Nc2cnc(CNC(=O)C3CCOC3)c(F)c2)c(C(F)(F)F)c1.NC(=O)c1cn[nH]c(=O)c1. The number of aryl methyl sites for hydroxylation is 1. The lowest BCUT2D eigenvalue weighted by Crippen LogP contribution is -2.31. The Morgan fingerprint density at radius 1 is 1.21 bits per heavy atom. The van der Waals surface area contributed by atoms with Gasteiger partial charge in [0.25, 0.3) is 11.5 Å². The van der Waals surface area contributed by atoms with Gasteiger partial charge in [-0.25, -0.2) is 9.49 Å². The largest absolute Gasteiger partial charge is 0.418 e. The van der Waals surface area contributed by atoms with Crippen molar-refractivity contribution in [1.29, 1.82) is 0 Å². The zero-order valence-electron chi connectivity index (χ0n) is 20.1. The minimum Gasteiger partial charge on any atom is -0.381 e. The van der Waals surface area contributed by atoms with Crippen molar-refractivity contribution < 1.29 is 31.9 Å². The number of rotatable bonds is 6. The van der Waals surface area contributed by atoms with E-state index in [2.05, 4.69) is 25.8 Å². The zero-order chi connectivity index (χ0) is 27.9. The molecule has 2 amide bonds. The predicted molar refractivity (Wildman–Crippen MR) is 128 cm³/mol. The molecule has 1 unspecified atom stereocenters. The number of anilines is 2. The number of benzene rings is 1. The van der Waals surface area contributed by atoms with Crippen molar-refractivity contribution in [3.63, 3.8) is 0 Å². The summed E-state index contributed by atoms with van der Waals surface area (Å²) in [6.07, 6.45) is -1.51. The molecule has 38 heavy (non-hydrogen) atoms. The molecule has 0 radical (unpaired) electrons. The smallest absolute Gasteiger partial charge is 0.381 e. The molecule has 1 aliphatic heterocycles. The number of amides is 2. The van der Waals surface area contributed by atoms with E-state index in [-0.39, 0.29) is 41.0 Å². The summed E-state index contributed by atoms with van der Waals surface area (Å²) in [5.74, 6) is -1.88. The Balaban J connectivity index is 0.000000336. The van der Waals surface area contributed by atoms with Crippen LogP contribution in [0.25, 0.3) is 0 Å². The number of pyridine rings is 1. The van der Waals surface area contributed by atoms with Crippen LogP contribution in [0.15, 0.2) is 47.5 Å². The topological polar surface area (TPSA) is 152 Å². The second-order valence-electron chi connectivity index (χ2n) is 8.30. The van der Waals surface area contributed by atoms with E-state index in [4.69, 9.17) is 10.5 Å². The van der Waals surface area contributed by atoms with Crippen molar-refractivity contribution in [2.45, 2.75) is 26.1 Å². The summed E-state index contributed by atoms with van der Waals surface area (Å²) in [5.41, 5.74) is 4.03. The van der Waals surface area contributed by atoms with Crippen molar-refractivity contribution >= 4 is 23.2 Å². The first-order valence-electron chi connectivity index (χ1n) is 11.2. The van der Waals surface area contributed by atoms with Gasteiger partial charge in [-0.15, -0.1) is 0 Å². The van der Waals surface area contributed by atoms with Crippen LogP contribution in [-0.2, 0) is 22.3 Å². The average Bonchev–Trinajstić information content (AvgIpc) is 3.39. The van der Waals surface area contributed by atoms with Crippen LogP contribution in [-0.4, -0.2) is 40.2 Å². The average molecular weight is 536 g/mol. The van der Waals surface area contributed by atoms with Gasteiger partial charge in [0.15, 0.2) is 0 Å². The monoisotopic (exact) mass is 536 g/mol. The maximum atomic E-state index is 14.3. The number of carbonyl (C=O) groups excluding carboxylic acids is 2. The first-order valence-corrected chi connectivity index (χ1v) is 11.2. The highest BCUT2D eigenvalue weighted by molar-refractivity contribution is 5.92. The molecule has 0 saturated carbocycles. The number of hydrogen-bond acceptors (Lipinski definition) is 7. The highest BCUT2D eigenvalue weighted by atomic mass is 19.4. The molecule has 0 spiro atoms. The van der Waals surface area contributed by atoms with Crippen molar-refractivity contribution in [3.05, 3.63) is 81.3 Å². The van der Waals surface area contributed by atoms with Gasteiger partial charge in [-0.3, -0.25) is 19.4 Å². The van der Waals surface area contributed by atoms with Crippen LogP contribution in [0.5, 0.6) is 0 Å². The van der Waals surface area contributed by atoms with Crippen molar-refractivity contribution in [3.8, 4) is 0 Å². The predicted octanol–water partition coefficient (Wildman–Crippen LogP) is 2.81. The minimum absolute atomic E-state index is 0.00207. The normalized spacial score (nSPS) is 14.8. The third-order valence-corrected chi connectivity index (χ3v) is 5.36. The lowest BCUT2D eigenvalue weighted by Gasteiger charge is -2.16. The second-order valence-corrected chi connectivity index (χ2v) is 8.30. The fraction of sp³-hybridized carbons (Fsp3) is 0.292. The van der Waals surface area contributed by atoms with E-state index in [1.165, 1.54) is 24.5 Å². The Kier molecular flexibility index (Phi) is 9.12. The number of primary amides is 1. The van der Waals surface area contributed by atoms with Crippen LogP contribution < -0.4 is 21.9 Å². The summed E-state index contributed by atoms with van der Waals surface area (Å²) >= 11 is 0. The molecular formula is C24H24F4N6O4. The highest BCUT2D eigenvalue weighted by Gasteiger charge is 2.33. The molecule has 3 heterocycles. The summed E-state index contributed by atoms with van der Waals surface area (Å²) < 4.78 is 59.0. The number of aromatic nitrogens is 3. The number of alkyl halides is 3. The number of hydrogen-bond donors (Lipinski definition) is 4. The van der Waals surface area contributed by atoms with Crippen LogP contribution in [0.4, 0.5) is 28.9 Å². The number of ether oxygens (including phenoxy) is 1. The van der Waals surface area contributed by atoms with E-state index >= 15 is 0 Å². The fourth-order valence-electron chi connectivity index (χ4n) is 3.39. The van der Waals surface area contributed by atoms with E-state index in [1.54, 1.807) is 6.92 Å². The fourth-order valence-corrected chi connectivity index (χ4v) is 3.39. The molecule has 3 aromatic rings. The summed E-state index contributed by atoms with van der Waals surface area (Å²) in [7, 11) is 0. The summed E-state index contributed by atoms with van der Waals surface area (Å²) in [6, 6.07) is 5.97. The van der Waals surface area contributed by atoms with E-state index in [0.717, 1.165) is 18.2 Å². The molecule has 2 aromatic heterocycles. The molecule has 1 saturated heterocycles. The Bertz CT molecular complexity index is 1360. The summed E-state index contributed by atoms with van der Waals surface area (Å²) in [4.78, 5) is 36.7. The zero-order valence-corrected chi connectivity index (χ0v) is 20.1. The molecule has 1 aliphatic rings. The van der Waals surface area contributed by atoms with Gasteiger partial charge >= 0.3 is 6.18 Å². The maximum Gasteiger partial charge on any atom is 0.418 e. The summed E-state index contributed by atoms with van der Waals surface area (Å²) in [6.45, 7) is 2.30. The first kappa shape index (κ1) is 28.2. The van der Waals surface area contributed by atoms with Gasteiger partial charge in [0.1, 0.15) is 5.82 Å². The Morgan fingerprint density at radius 3 is 2.55 bits per heavy atom. The molecule has 0 aliphatic carbocycles. The number of aromatic amines is 1. The number of nitrogens with zero attached hydrogens (tertiary/aromatic N) is 2. The molecule has 202 valence electrons. The highest BCUT2D eigenvalue weighted by Crippen LogP contribution is 2.36. The van der Waals surface area contributed by atoms with Crippen LogP contribution in [0, 0.1) is 18.7 Å². The van der Waals surface area contributed by atoms with Gasteiger partial charge < -0.3 is 21.1 Å². The standard InChI is InChI=1S/C19H19F4N3O2.C5H5N3O2/c1-11-2-3-16(14(6-11)19(21,22)23)26-13-7-15(20)17(24-8-13)9-25-18(27)12-4-5-28-10-12;6-5(10)3-1-4(9)8-7-2-3/h2-3,6-8,12,26H,4-5,9-10H2,1H3,(H,25,27);1-2H,(H2,6,10)(H,8,9). The Labute approximate surface area is 213 Å². The molecule has 10 nitrogen and oxygen atoms in total. The van der Waals surface area contributed by atoms with Crippen molar-refractivity contribution in [2.75, 3.05) is 18.5 Å². The van der Waals surface area contributed by atoms with Gasteiger partial charge in [0.2, 0.25) is 5.91 Å². The van der Waals surface area contributed by atoms with E-state index in [1.807, 2.05) is 0 Å². The molecule has 1 aromatic carbocycles. The maximum absolute atomic E-state index is 14.3. The van der Waals surface area contributed by atoms with Crippen LogP contribution >= 0.6 is 0 Å². The molecule has 4 rings (SSSR count). The lowest BCUT2D eigenvalue weighted by molar-refractivity contribution is -0.137. The van der Waals surface area contributed by atoms with Crippen LogP contribution in [0.2, 0.25) is 0 Å². The minimum atomic E-state index is -4.55. The second kappa shape index (κ2) is 12.3. The summed E-state index contributed by atoms with van der Waals surface area (Å²) in [5, 5.41) is 10.6. The van der Waals surface area contributed by atoms with Crippen LogP contribution in [0.3, 0.4) is 0 Å².